The maximum atomic E-state index is 10.5. The molecule has 0 saturated heterocycles. The fourth-order valence-electron chi connectivity index (χ4n) is 1.01. The summed E-state index contributed by atoms with van der Waals surface area (Å²) < 4.78 is 0. The summed E-state index contributed by atoms with van der Waals surface area (Å²) in [6, 6.07) is 0. The largest absolute Gasteiger partial charge is 0.476 e. The Balaban J connectivity index is 2.73. The quantitative estimate of drug-likeness (QED) is 0.765. The number of thiazole rings is 1. The Kier molecular flexibility index (Phi) is 3.39. The Labute approximate surface area is 80.6 Å². The van der Waals surface area contributed by atoms with Crippen molar-refractivity contribution >= 4 is 17.3 Å². The molecule has 0 spiro atoms. The van der Waals surface area contributed by atoms with Crippen LogP contribution in [-0.2, 0) is 0 Å². The zero-order chi connectivity index (χ0) is 9.84. The number of rotatable bonds is 4. The molecule has 0 aliphatic heterocycles. The van der Waals surface area contributed by atoms with Gasteiger partial charge in [0, 0.05) is 17.8 Å². The fraction of sp³-hybridized carbons (Fsp3) is 0.500. The van der Waals surface area contributed by atoms with Gasteiger partial charge in [-0.1, -0.05) is 6.92 Å². The first kappa shape index (κ1) is 10.1. The van der Waals surface area contributed by atoms with Crippen LogP contribution in [0.1, 0.15) is 28.3 Å². The van der Waals surface area contributed by atoms with Gasteiger partial charge in [-0.3, -0.25) is 0 Å². The summed E-state index contributed by atoms with van der Waals surface area (Å²) >= 11 is 1.39. The maximum Gasteiger partial charge on any atom is 0.355 e. The van der Waals surface area contributed by atoms with Gasteiger partial charge in [-0.05, 0) is 7.05 Å². The molecule has 0 fully saturated rings. The lowest BCUT2D eigenvalue weighted by Gasteiger charge is -2.05. The van der Waals surface area contributed by atoms with Crippen LogP contribution in [0.2, 0.25) is 0 Å². The van der Waals surface area contributed by atoms with Crippen molar-refractivity contribution in [2.24, 2.45) is 0 Å². The second-order valence-electron chi connectivity index (χ2n) is 2.83. The van der Waals surface area contributed by atoms with Crippen LogP contribution in [0.3, 0.4) is 0 Å². The van der Waals surface area contributed by atoms with Crippen molar-refractivity contribution < 1.29 is 9.90 Å². The van der Waals surface area contributed by atoms with Crippen molar-refractivity contribution in [3.05, 3.63) is 16.1 Å². The Hall–Kier alpha value is -0.940. The van der Waals surface area contributed by atoms with Crippen molar-refractivity contribution in [3.8, 4) is 0 Å². The molecule has 0 aromatic carbocycles. The zero-order valence-corrected chi connectivity index (χ0v) is 8.39. The van der Waals surface area contributed by atoms with E-state index in [0.717, 1.165) is 11.6 Å². The van der Waals surface area contributed by atoms with E-state index in [-0.39, 0.29) is 11.6 Å². The van der Waals surface area contributed by atoms with Crippen molar-refractivity contribution in [2.45, 2.75) is 12.8 Å². The molecule has 13 heavy (non-hydrogen) atoms. The van der Waals surface area contributed by atoms with Gasteiger partial charge in [0.2, 0.25) is 0 Å². The van der Waals surface area contributed by atoms with E-state index in [1.165, 1.54) is 11.3 Å². The molecule has 5 heteroatoms. The summed E-state index contributed by atoms with van der Waals surface area (Å²) in [5.41, 5.74) is 0.142. The first-order valence-electron chi connectivity index (χ1n) is 3.98. The molecule has 1 aromatic heterocycles. The highest BCUT2D eigenvalue weighted by atomic mass is 32.1. The van der Waals surface area contributed by atoms with E-state index in [2.05, 4.69) is 10.3 Å². The number of likely N-dealkylation sites (N-methyl/N-ethyl adjacent to an activating group) is 1. The predicted octanol–water partition coefficient (Wildman–Crippen LogP) is 1.16. The summed E-state index contributed by atoms with van der Waals surface area (Å²) in [6.07, 6.45) is 0. The van der Waals surface area contributed by atoms with Crippen molar-refractivity contribution in [1.82, 2.24) is 10.3 Å². The normalized spacial score (nSPS) is 12.8. The van der Waals surface area contributed by atoms with Crippen LogP contribution in [0.4, 0.5) is 0 Å². The highest BCUT2D eigenvalue weighted by Gasteiger charge is 2.12. The number of hydrogen-bond acceptors (Lipinski definition) is 4. The van der Waals surface area contributed by atoms with Gasteiger partial charge in [-0.2, -0.15) is 0 Å². The van der Waals surface area contributed by atoms with Gasteiger partial charge >= 0.3 is 5.97 Å². The highest BCUT2D eigenvalue weighted by molar-refractivity contribution is 7.09. The van der Waals surface area contributed by atoms with E-state index >= 15 is 0 Å². The minimum atomic E-state index is -0.959. The third-order valence-electron chi connectivity index (χ3n) is 1.67. The molecule has 0 aliphatic rings. The molecule has 0 radical (unpaired) electrons. The third-order valence-corrected chi connectivity index (χ3v) is 2.75. The number of carboxylic acid groups (broad SMARTS) is 1. The number of aromatic nitrogens is 1. The van der Waals surface area contributed by atoms with E-state index in [4.69, 9.17) is 5.11 Å². The van der Waals surface area contributed by atoms with Crippen LogP contribution in [-0.4, -0.2) is 29.7 Å². The van der Waals surface area contributed by atoms with Crippen LogP contribution >= 0.6 is 11.3 Å². The molecule has 1 atom stereocenters. The van der Waals surface area contributed by atoms with Gasteiger partial charge in [0.25, 0.3) is 0 Å². The standard InChI is InChI=1S/C8H12N2O2S/c1-5(3-9-2)7-10-6(4-13-7)8(11)12/h4-5,9H,3H2,1-2H3,(H,11,12). The number of carboxylic acids is 1. The fourth-order valence-corrected chi connectivity index (χ4v) is 1.86. The van der Waals surface area contributed by atoms with Gasteiger partial charge in [0.05, 0.1) is 5.01 Å². The number of nitrogens with one attached hydrogen (secondary N) is 1. The van der Waals surface area contributed by atoms with Gasteiger partial charge in [-0.25, -0.2) is 9.78 Å². The smallest absolute Gasteiger partial charge is 0.355 e. The summed E-state index contributed by atoms with van der Waals surface area (Å²) in [6.45, 7) is 2.83. The van der Waals surface area contributed by atoms with E-state index < -0.39 is 5.97 Å². The van der Waals surface area contributed by atoms with Gasteiger partial charge < -0.3 is 10.4 Å². The van der Waals surface area contributed by atoms with Crippen molar-refractivity contribution in [1.29, 1.82) is 0 Å². The molecule has 0 amide bonds. The molecule has 4 nitrogen and oxygen atoms in total. The van der Waals surface area contributed by atoms with E-state index in [0.29, 0.717) is 0 Å². The Morgan fingerprint density at radius 3 is 3.00 bits per heavy atom. The van der Waals surface area contributed by atoms with Gasteiger partial charge in [-0.15, -0.1) is 11.3 Å². The molecule has 2 N–H and O–H groups in total. The molecule has 1 rings (SSSR count). The third kappa shape index (κ3) is 2.50. The molecular formula is C8H12N2O2S. The van der Waals surface area contributed by atoms with Crippen LogP contribution in [0.15, 0.2) is 5.38 Å². The molecule has 1 unspecified atom stereocenters. The topological polar surface area (TPSA) is 62.2 Å². The number of hydrogen-bond donors (Lipinski definition) is 2. The van der Waals surface area contributed by atoms with Gasteiger partial charge in [0.15, 0.2) is 5.69 Å². The van der Waals surface area contributed by atoms with E-state index in [1.807, 2.05) is 14.0 Å². The molecule has 0 bridgehead atoms. The van der Waals surface area contributed by atoms with E-state index in [9.17, 15) is 4.79 Å². The molecular weight excluding hydrogens is 188 g/mol. The first-order valence-corrected chi connectivity index (χ1v) is 4.86. The minimum absolute atomic E-state index is 0.142. The Morgan fingerprint density at radius 2 is 2.54 bits per heavy atom. The number of aromatic carboxylic acids is 1. The Bertz CT molecular complexity index is 298. The number of carbonyl (C=O) groups is 1. The molecule has 72 valence electrons. The molecule has 0 saturated carbocycles. The summed E-state index contributed by atoms with van der Waals surface area (Å²) in [4.78, 5) is 14.5. The first-order chi connectivity index (χ1) is 6.15. The zero-order valence-electron chi connectivity index (χ0n) is 7.57. The molecule has 1 heterocycles. The summed E-state index contributed by atoms with van der Waals surface area (Å²) in [7, 11) is 1.86. The van der Waals surface area contributed by atoms with Gasteiger partial charge in [0.1, 0.15) is 0 Å². The van der Waals surface area contributed by atoms with Crippen molar-refractivity contribution in [2.75, 3.05) is 13.6 Å². The second kappa shape index (κ2) is 4.34. The van der Waals surface area contributed by atoms with Crippen LogP contribution in [0.5, 0.6) is 0 Å². The average molecular weight is 200 g/mol. The lowest BCUT2D eigenvalue weighted by molar-refractivity contribution is 0.0691. The van der Waals surface area contributed by atoms with Crippen LogP contribution in [0.25, 0.3) is 0 Å². The monoisotopic (exact) mass is 200 g/mol. The SMILES string of the molecule is CNCC(C)c1nc(C(=O)O)cs1. The molecule has 0 aliphatic carbocycles. The predicted molar refractivity (Wildman–Crippen MR) is 51.4 cm³/mol. The van der Waals surface area contributed by atoms with Crippen LogP contribution in [0, 0.1) is 0 Å². The summed E-state index contributed by atoms with van der Waals surface area (Å²) in [5, 5.41) is 14.1. The summed E-state index contributed by atoms with van der Waals surface area (Å²) in [5.74, 6) is -0.692. The maximum absolute atomic E-state index is 10.5. The lowest BCUT2D eigenvalue weighted by atomic mass is 10.2. The highest BCUT2D eigenvalue weighted by Crippen LogP contribution is 2.19. The number of nitrogens with zero attached hydrogens (tertiary/aromatic N) is 1. The second-order valence-corrected chi connectivity index (χ2v) is 3.72. The Morgan fingerprint density at radius 1 is 1.85 bits per heavy atom. The lowest BCUT2D eigenvalue weighted by Crippen LogP contribution is -2.14. The van der Waals surface area contributed by atoms with Crippen molar-refractivity contribution in [3.63, 3.8) is 0 Å². The molecule has 1 aromatic rings. The minimum Gasteiger partial charge on any atom is -0.476 e. The van der Waals surface area contributed by atoms with Crippen LogP contribution < -0.4 is 5.32 Å². The van der Waals surface area contributed by atoms with E-state index in [1.54, 1.807) is 5.38 Å². The average Bonchev–Trinajstić information content (AvgIpc) is 2.52.